The molecule has 5 rings (SSSR count). The van der Waals surface area contributed by atoms with Gasteiger partial charge in [0.1, 0.15) is 5.69 Å². The Morgan fingerprint density at radius 3 is 2.78 bits per heavy atom. The van der Waals surface area contributed by atoms with Crippen LogP contribution in [-0.4, -0.2) is 59.3 Å². The van der Waals surface area contributed by atoms with Crippen molar-refractivity contribution in [1.82, 2.24) is 15.0 Å². The predicted octanol–water partition coefficient (Wildman–Crippen LogP) is 3.60. The molecule has 4 heterocycles. The number of amides is 2. The van der Waals surface area contributed by atoms with Crippen molar-refractivity contribution in [2.75, 3.05) is 31.8 Å². The molecule has 1 N–H and O–H groups in total. The molecule has 37 heavy (non-hydrogen) atoms. The van der Waals surface area contributed by atoms with E-state index in [1.165, 1.54) is 29.6 Å². The van der Waals surface area contributed by atoms with Crippen LogP contribution in [0.15, 0.2) is 46.3 Å². The molecular weight excluding hydrogens is 500 g/mol. The highest BCUT2D eigenvalue weighted by atomic mass is 32.1. The SMILES string of the molecule is CCOC(=O)c1cc(-c2csc(C3CCN(C(=O)C=CC(=O)Nc4ccc5c(c4)OCO5)CC3)n2)on1. The normalized spacial score (nSPS) is 15.2. The van der Waals surface area contributed by atoms with E-state index in [4.69, 9.17) is 18.7 Å². The monoisotopic (exact) mass is 524 g/mol. The summed E-state index contributed by atoms with van der Waals surface area (Å²) in [6.07, 6.45) is 4.02. The van der Waals surface area contributed by atoms with E-state index in [1.54, 1.807) is 30.0 Å². The van der Waals surface area contributed by atoms with Gasteiger partial charge in [-0.25, -0.2) is 9.78 Å². The van der Waals surface area contributed by atoms with Crippen LogP contribution in [0.1, 0.15) is 41.2 Å². The van der Waals surface area contributed by atoms with Gasteiger partial charge in [-0.15, -0.1) is 11.3 Å². The number of hydrogen-bond acceptors (Lipinski definition) is 10. The molecule has 0 aliphatic carbocycles. The largest absolute Gasteiger partial charge is 0.461 e. The number of thiazole rings is 1. The average Bonchev–Trinajstić information content (AvgIpc) is 3.68. The second kappa shape index (κ2) is 10.8. The summed E-state index contributed by atoms with van der Waals surface area (Å²) in [7, 11) is 0. The summed E-state index contributed by atoms with van der Waals surface area (Å²) in [4.78, 5) is 43.0. The van der Waals surface area contributed by atoms with Crippen molar-refractivity contribution in [2.45, 2.75) is 25.7 Å². The predicted molar refractivity (Wildman–Crippen MR) is 132 cm³/mol. The van der Waals surface area contributed by atoms with Gasteiger partial charge in [0, 0.05) is 54.4 Å². The fraction of sp³-hybridized carbons (Fsp3) is 0.320. The minimum absolute atomic E-state index is 0.107. The van der Waals surface area contributed by atoms with Crippen LogP contribution >= 0.6 is 11.3 Å². The Balaban J connectivity index is 1.11. The number of likely N-dealkylation sites (tertiary alicyclic amines) is 1. The minimum Gasteiger partial charge on any atom is -0.461 e. The van der Waals surface area contributed by atoms with Crippen molar-refractivity contribution in [3.8, 4) is 23.0 Å². The lowest BCUT2D eigenvalue weighted by Crippen LogP contribution is -2.37. The van der Waals surface area contributed by atoms with E-state index in [-0.39, 0.29) is 30.9 Å². The highest BCUT2D eigenvalue weighted by Gasteiger charge is 2.26. The molecule has 3 aromatic rings. The number of piperidine rings is 1. The summed E-state index contributed by atoms with van der Waals surface area (Å²) in [5, 5.41) is 9.27. The highest BCUT2D eigenvalue weighted by Crippen LogP contribution is 2.35. The molecule has 1 aromatic carbocycles. The summed E-state index contributed by atoms with van der Waals surface area (Å²) in [6, 6.07) is 6.62. The number of fused-ring (bicyclic) bond motifs is 1. The molecule has 2 aromatic heterocycles. The molecule has 1 saturated heterocycles. The lowest BCUT2D eigenvalue weighted by Gasteiger charge is -2.30. The third-order valence-electron chi connectivity index (χ3n) is 5.94. The van der Waals surface area contributed by atoms with Gasteiger partial charge < -0.3 is 29.0 Å². The first-order chi connectivity index (χ1) is 18.0. The molecule has 0 unspecified atom stereocenters. The highest BCUT2D eigenvalue weighted by molar-refractivity contribution is 7.10. The van der Waals surface area contributed by atoms with E-state index in [0.717, 1.165) is 17.8 Å². The third kappa shape index (κ3) is 5.64. The Hall–Kier alpha value is -4.19. The molecule has 192 valence electrons. The summed E-state index contributed by atoms with van der Waals surface area (Å²) in [6.45, 7) is 3.25. The quantitative estimate of drug-likeness (QED) is 0.363. The number of ether oxygens (including phenoxy) is 3. The first-order valence-electron chi connectivity index (χ1n) is 11.8. The van der Waals surface area contributed by atoms with E-state index in [2.05, 4.69) is 15.5 Å². The lowest BCUT2D eigenvalue weighted by molar-refractivity contribution is -0.127. The maximum Gasteiger partial charge on any atom is 0.360 e. The molecule has 0 radical (unpaired) electrons. The number of carbonyl (C=O) groups is 3. The van der Waals surface area contributed by atoms with E-state index in [1.807, 2.05) is 5.38 Å². The number of nitrogens with zero attached hydrogens (tertiary/aromatic N) is 3. The van der Waals surface area contributed by atoms with Crippen LogP contribution in [0.5, 0.6) is 11.5 Å². The second-order valence-corrected chi connectivity index (χ2v) is 9.25. The van der Waals surface area contributed by atoms with E-state index in [0.29, 0.717) is 41.7 Å². The van der Waals surface area contributed by atoms with Crippen LogP contribution in [0.25, 0.3) is 11.5 Å². The third-order valence-corrected chi connectivity index (χ3v) is 6.95. The van der Waals surface area contributed by atoms with Gasteiger partial charge in [0.25, 0.3) is 0 Å². The number of carbonyl (C=O) groups excluding carboxylic acids is 3. The van der Waals surface area contributed by atoms with Gasteiger partial charge in [-0.1, -0.05) is 5.16 Å². The van der Waals surface area contributed by atoms with Gasteiger partial charge in [-0.05, 0) is 31.9 Å². The molecule has 12 heteroatoms. The van der Waals surface area contributed by atoms with Crippen LogP contribution in [-0.2, 0) is 14.3 Å². The maximum absolute atomic E-state index is 12.6. The van der Waals surface area contributed by atoms with Crippen LogP contribution in [0.3, 0.4) is 0 Å². The van der Waals surface area contributed by atoms with E-state index in [9.17, 15) is 14.4 Å². The van der Waals surface area contributed by atoms with Gasteiger partial charge in [0.15, 0.2) is 23.0 Å². The molecular formula is C25H24N4O7S. The Morgan fingerprint density at radius 2 is 1.97 bits per heavy atom. The van der Waals surface area contributed by atoms with Crippen molar-refractivity contribution in [3.63, 3.8) is 0 Å². The number of nitrogens with one attached hydrogen (secondary N) is 1. The number of hydrogen-bond donors (Lipinski definition) is 1. The van der Waals surface area contributed by atoms with E-state index < -0.39 is 11.9 Å². The summed E-state index contributed by atoms with van der Waals surface area (Å²) < 4.78 is 20.7. The zero-order chi connectivity index (χ0) is 25.8. The van der Waals surface area contributed by atoms with Crippen molar-refractivity contribution < 1.29 is 33.1 Å². The first kappa shape index (κ1) is 24.5. The lowest BCUT2D eigenvalue weighted by atomic mass is 9.97. The number of anilines is 1. The topological polar surface area (TPSA) is 133 Å². The maximum atomic E-state index is 12.6. The molecule has 0 spiro atoms. The summed E-state index contributed by atoms with van der Waals surface area (Å²) in [5.41, 5.74) is 1.27. The molecule has 0 atom stereocenters. The molecule has 0 bridgehead atoms. The van der Waals surface area contributed by atoms with Crippen LogP contribution in [0.4, 0.5) is 5.69 Å². The average molecular weight is 525 g/mol. The Bertz CT molecular complexity index is 1340. The van der Waals surface area contributed by atoms with Gasteiger partial charge in [-0.2, -0.15) is 0 Å². The number of rotatable bonds is 7. The molecule has 2 amide bonds. The number of esters is 1. The Morgan fingerprint density at radius 1 is 1.16 bits per heavy atom. The van der Waals surface area contributed by atoms with Crippen molar-refractivity contribution in [1.29, 1.82) is 0 Å². The van der Waals surface area contributed by atoms with Crippen LogP contribution in [0, 0.1) is 0 Å². The molecule has 0 saturated carbocycles. The Kier molecular flexibility index (Phi) is 7.17. The van der Waals surface area contributed by atoms with Crippen molar-refractivity contribution in [3.05, 3.63) is 52.5 Å². The van der Waals surface area contributed by atoms with Crippen LogP contribution in [0.2, 0.25) is 0 Å². The first-order valence-corrected chi connectivity index (χ1v) is 12.7. The van der Waals surface area contributed by atoms with Gasteiger partial charge in [-0.3, -0.25) is 9.59 Å². The fourth-order valence-electron chi connectivity index (χ4n) is 4.04. The van der Waals surface area contributed by atoms with E-state index >= 15 is 0 Å². The smallest absolute Gasteiger partial charge is 0.360 e. The summed E-state index contributed by atoms with van der Waals surface area (Å²) in [5.74, 6) is 0.640. The Labute approximate surface area is 216 Å². The van der Waals surface area contributed by atoms with Crippen molar-refractivity contribution >= 4 is 34.8 Å². The van der Waals surface area contributed by atoms with Gasteiger partial charge in [0.05, 0.1) is 11.6 Å². The second-order valence-electron chi connectivity index (χ2n) is 8.36. The number of benzene rings is 1. The number of aromatic nitrogens is 2. The van der Waals surface area contributed by atoms with Crippen LogP contribution < -0.4 is 14.8 Å². The standard InChI is InChI=1S/C25H24N4O7S/c1-2-33-25(32)17-12-20(36-28-17)18-13-37-24(27-18)15-7-9-29(10-8-15)23(31)6-5-22(30)26-16-3-4-19-21(11-16)35-14-34-19/h3-6,11-13,15H,2,7-10,14H2,1H3,(H,26,30). The zero-order valence-electron chi connectivity index (χ0n) is 20.0. The van der Waals surface area contributed by atoms with Gasteiger partial charge >= 0.3 is 5.97 Å². The molecule has 11 nitrogen and oxygen atoms in total. The minimum atomic E-state index is -0.538. The summed E-state index contributed by atoms with van der Waals surface area (Å²) >= 11 is 1.51. The molecule has 1 fully saturated rings. The zero-order valence-corrected chi connectivity index (χ0v) is 20.8. The van der Waals surface area contributed by atoms with Gasteiger partial charge in [0.2, 0.25) is 18.6 Å². The molecule has 2 aliphatic heterocycles. The van der Waals surface area contributed by atoms with Crippen molar-refractivity contribution in [2.24, 2.45) is 0 Å². The molecule has 2 aliphatic rings. The fourth-order valence-corrected chi connectivity index (χ4v) is 5.02.